The molecule has 0 amide bonds. The van der Waals surface area contributed by atoms with Crippen molar-refractivity contribution in [2.24, 2.45) is 0 Å². The lowest BCUT2D eigenvalue weighted by molar-refractivity contribution is 0.0601. The molecule has 0 heterocycles. The van der Waals surface area contributed by atoms with E-state index in [1.165, 1.54) is 48.6 Å². The zero-order valence-corrected chi connectivity index (χ0v) is 17.3. The molecule has 0 atom stereocenters. The molecule has 146 valence electrons. The van der Waals surface area contributed by atoms with E-state index in [1.54, 1.807) is 6.07 Å². The number of benzene rings is 3. The van der Waals surface area contributed by atoms with Crippen molar-refractivity contribution in [3.05, 3.63) is 82.4 Å². The zero-order chi connectivity index (χ0) is 20.0. The van der Waals surface area contributed by atoms with Gasteiger partial charge in [-0.25, -0.2) is 4.79 Å². The predicted octanol–water partition coefficient (Wildman–Crippen LogP) is 7.02. The minimum Gasteiger partial charge on any atom is -0.465 e. The number of carbonyl (C=O) groups excluding carboxylic acids is 1. The molecule has 0 radical (unpaired) electrons. The van der Waals surface area contributed by atoms with Gasteiger partial charge in [0.15, 0.2) is 0 Å². The van der Waals surface area contributed by atoms with Crippen LogP contribution in [0.15, 0.2) is 60.7 Å². The molecule has 3 aromatic rings. The molecule has 3 heteroatoms. The zero-order valence-electron chi connectivity index (χ0n) is 16.5. The Balaban J connectivity index is 1.82. The summed E-state index contributed by atoms with van der Waals surface area (Å²) in [5, 5.41) is 0.539. The van der Waals surface area contributed by atoms with Crippen LogP contribution < -0.4 is 0 Å². The third-order valence-corrected chi connectivity index (χ3v) is 6.90. The Bertz CT molecular complexity index is 1110. The van der Waals surface area contributed by atoms with Gasteiger partial charge in [-0.3, -0.25) is 0 Å². The Hall–Kier alpha value is -2.58. The first-order valence-electron chi connectivity index (χ1n) is 10.3. The Morgan fingerprint density at radius 2 is 1.55 bits per heavy atom. The van der Waals surface area contributed by atoms with E-state index in [0.29, 0.717) is 10.6 Å². The van der Waals surface area contributed by atoms with Gasteiger partial charge in [-0.15, -0.1) is 0 Å². The normalized spacial score (nSPS) is 16.3. The van der Waals surface area contributed by atoms with E-state index in [9.17, 15) is 4.79 Å². The molecule has 5 rings (SSSR count). The summed E-state index contributed by atoms with van der Waals surface area (Å²) in [5.41, 5.74) is 8.01. The molecule has 3 aromatic carbocycles. The number of methoxy groups -OCH3 is 1. The largest absolute Gasteiger partial charge is 0.465 e. The Morgan fingerprint density at radius 1 is 0.862 bits per heavy atom. The molecule has 2 aliphatic carbocycles. The highest BCUT2D eigenvalue weighted by molar-refractivity contribution is 6.31. The van der Waals surface area contributed by atoms with Crippen LogP contribution in [0.25, 0.3) is 22.3 Å². The van der Waals surface area contributed by atoms with E-state index in [0.717, 1.165) is 24.0 Å². The standard InChI is InChI=1S/C26H23ClO2/c1-29-25(28)22-16-17(27)12-13-18(22)20-9-7-10-21-19-8-3-4-11-23(19)26(24(20)21)14-5-2-6-15-26/h3-4,7-13,16H,2,5-6,14-15H2,1H3. The van der Waals surface area contributed by atoms with Gasteiger partial charge in [0.25, 0.3) is 0 Å². The van der Waals surface area contributed by atoms with Crippen LogP contribution in [-0.2, 0) is 10.2 Å². The average molecular weight is 403 g/mol. The Kier molecular flexibility index (Phi) is 4.48. The first-order chi connectivity index (χ1) is 14.2. The van der Waals surface area contributed by atoms with Crippen LogP contribution in [-0.4, -0.2) is 13.1 Å². The summed E-state index contributed by atoms with van der Waals surface area (Å²) in [6, 6.07) is 20.8. The Morgan fingerprint density at radius 3 is 2.31 bits per heavy atom. The van der Waals surface area contributed by atoms with Gasteiger partial charge in [-0.1, -0.05) is 79.4 Å². The van der Waals surface area contributed by atoms with Crippen molar-refractivity contribution >= 4 is 17.6 Å². The molecule has 0 N–H and O–H groups in total. The molecule has 2 nitrogen and oxygen atoms in total. The molecule has 1 fully saturated rings. The maximum atomic E-state index is 12.6. The fourth-order valence-corrected chi connectivity index (χ4v) is 5.66. The van der Waals surface area contributed by atoms with Crippen LogP contribution in [0.2, 0.25) is 5.02 Å². The number of esters is 1. The topological polar surface area (TPSA) is 26.3 Å². The summed E-state index contributed by atoms with van der Waals surface area (Å²) in [6.07, 6.45) is 6.04. The molecular formula is C26H23ClO2. The highest BCUT2D eigenvalue weighted by atomic mass is 35.5. The van der Waals surface area contributed by atoms with Gasteiger partial charge in [0.05, 0.1) is 12.7 Å². The predicted molar refractivity (Wildman–Crippen MR) is 118 cm³/mol. The SMILES string of the molecule is COC(=O)c1cc(Cl)ccc1-c1cccc2c1C1(CCCCC1)c1ccccc1-2. The van der Waals surface area contributed by atoms with E-state index < -0.39 is 0 Å². The van der Waals surface area contributed by atoms with E-state index in [1.807, 2.05) is 12.1 Å². The van der Waals surface area contributed by atoms with Gasteiger partial charge in [-0.05, 0) is 58.4 Å². The first kappa shape index (κ1) is 18.4. The summed E-state index contributed by atoms with van der Waals surface area (Å²) in [5.74, 6) is -0.353. The van der Waals surface area contributed by atoms with Crippen LogP contribution in [0.1, 0.15) is 53.6 Å². The quantitative estimate of drug-likeness (QED) is 0.430. The fourth-order valence-electron chi connectivity index (χ4n) is 5.49. The molecule has 0 aliphatic heterocycles. The number of rotatable bonds is 2. The Labute approximate surface area is 176 Å². The first-order valence-corrected chi connectivity index (χ1v) is 10.6. The molecule has 1 saturated carbocycles. The molecule has 29 heavy (non-hydrogen) atoms. The summed E-state index contributed by atoms with van der Waals surface area (Å²) in [7, 11) is 1.42. The van der Waals surface area contributed by atoms with Gasteiger partial charge in [0.2, 0.25) is 0 Å². The molecule has 1 spiro atoms. The second-order valence-corrected chi connectivity index (χ2v) is 8.53. The molecule has 2 aliphatic rings. The van der Waals surface area contributed by atoms with Gasteiger partial charge >= 0.3 is 5.97 Å². The summed E-state index contributed by atoms with van der Waals surface area (Å²) >= 11 is 6.23. The molecule has 0 saturated heterocycles. The number of carbonyl (C=O) groups is 1. The molecule has 0 unspecified atom stereocenters. The maximum absolute atomic E-state index is 12.6. The minimum atomic E-state index is -0.353. The van der Waals surface area contributed by atoms with Crippen LogP contribution in [0.4, 0.5) is 0 Å². The van der Waals surface area contributed by atoms with Crippen molar-refractivity contribution in [3.8, 4) is 22.3 Å². The average Bonchev–Trinajstić information content (AvgIpc) is 3.04. The van der Waals surface area contributed by atoms with Crippen LogP contribution in [0.3, 0.4) is 0 Å². The van der Waals surface area contributed by atoms with Crippen LogP contribution >= 0.6 is 11.6 Å². The number of hydrogen-bond donors (Lipinski definition) is 0. The smallest absolute Gasteiger partial charge is 0.338 e. The van der Waals surface area contributed by atoms with Crippen molar-refractivity contribution < 1.29 is 9.53 Å². The third-order valence-electron chi connectivity index (χ3n) is 6.66. The van der Waals surface area contributed by atoms with Crippen LogP contribution in [0.5, 0.6) is 0 Å². The third kappa shape index (κ3) is 2.73. The molecule has 0 aromatic heterocycles. The second-order valence-electron chi connectivity index (χ2n) is 8.10. The number of hydrogen-bond acceptors (Lipinski definition) is 2. The summed E-state index contributed by atoms with van der Waals surface area (Å²) < 4.78 is 5.07. The van der Waals surface area contributed by atoms with E-state index >= 15 is 0 Å². The van der Waals surface area contributed by atoms with E-state index in [2.05, 4.69) is 42.5 Å². The lowest BCUT2D eigenvalue weighted by Crippen LogP contribution is -2.28. The van der Waals surface area contributed by atoms with Crippen molar-refractivity contribution in [1.82, 2.24) is 0 Å². The molecule has 0 bridgehead atoms. The summed E-state index contributed by atoms with van der Waals surface area (Å²) in [4.78, 5) is 12.6. The van der Waals surface area contributed by atoms with Gasteiger partial charge in [0, 0.05) is 10.4 Å². The highest BCUT2D eigenvalue weighted by Crippen LogP contribution is 2.58. The fraction of sp³-hybridized carbons (Fsp3) is 0.269. The lowest BCUT2D eigenvalue weighted by atomic mass is 9.66. The van der Waals surface area contributed by atoms with Gasteiger partial charge in [0.1, 0.15) is 0 Å². The number of halogens is 1. The summed E-state index contributed by atoms with van der Waals surface area (Å²) in [6.45, 7) is 0. The number of fused-ring (bicyclic) bond motifs is 5. The van der Waals surface area contributed by atoms with Crippen molar-refractivity contribution in [3.63, 3.8) is 0 Å². The second kappa shape index (κ2) is 7.03. The van der Waals surface area contributed by atoms with Gasteiger partial charge < -0.3 is 4.74 Å². The molecular weight excluding hydrogens is 380 g/mol. The minimum absolute atomic E-state index is 0.0216. The van der Waals surface area contributed by atoms with Gasteiger partial charge in [-0.2, -0.15) is 0 Å². The maximum Gasteiger partial charge on any atom is 0.338 e. The van der Waals surface area contributed by atoms with Crippen LogP contribution in [0, 0.1) is 0 Å². The van der Waals surface area contributed by atoms with E-state index in [-0.39, 0.29) is 11.4 Å². The number of ether oxygens (including phenoxy) is 1. The lowest BCUT2D eigenvalue weighted by Gasteiger charge is -2.37. The monoisotopic (exact) mass is 402 g/mol. The van der Waals surface area contributed by atoms with E-state index in [4.69, 9.17) is 16.3 Å². The van der Waals surface area contributed by atoms with Crippen molar-refractivity contribution in [1.29, 1.82) is 0 Å². The van der Waals surface area contributed by atoms with Crippen molar-refractivity contribution in [2.45, 2.75) is 37.5 Å². The van der Waals surface area contributed by atoms with Crippen molar-refractivity contribution in [2.75, 3.05) is 7.11 Å². The highest BCUT2D eigenvalue weighted by Gasteiger charge is 2.45.